The average molecular weight is 337 g/mol. The van der Waals surface area contributed by atoms with E-state index in [1.807, 2.05) is 12.1 Å². The summed E-state index contributed by atoms with van der Waals surface area (Å²) in [6.07, 6.45) is 0. The van der Waals surface area contributed by atoms with E-state index in [2.05, 4.69) is 5.32 Å². The van der Waals surface area contributed by atoms with Gasteiger partial charge in [-0.2, -0.15) is 0 Å². The summed E-state index contributed by atoms with van der Waals surface area (Å²) < 4.78 is 0. The van der Waals surface area contributed by atoms with Gasteiger partial charge in [-0.05, 0) is 36.4 Å². The van der Waals surface area contributed by atoms with Crippen LogP contribution in [0.2, 0.25) is 5.02 Å². The maximum absolute atomic E-state index is 11.9. The van der Waals surface area contributed by atoms with Crippen molar-refractivity contribution in [3.05, 3.63) is 53.1 Å². The van der Waals surface area contributed by atoms with Crippen molar-refractivity contribution in [2.75, 3.05) is 16.8 Å². The van der Waals surface area contributed by atoms with Gasteiger partial charge in [0.15, 0.2) is 0 Å². The van der Waals surface area contributed by atoms with Crippen LogP contribution in [0.15, 0.2) is 47.4 Å². The SMILES string of the molecule is Nc1cccc(SCC(=O)Nc2cc(C(=O)O)ccc2Cl)c1. The Morgan fingerprint density at radius 3 is 2.68 bits per heavy atom. The molecule has 22 heavy (non-hydrogen) atoms. The van der Waals surface area contributed by atoms with Crippen molar-refractivity contribution in [3.8, 4) is 0 Å². The third-order valence-corrected chi connectivity index (χ3v) is 4.04. The lowest BCUT2D eigenvalue weighted by molar-refractivity contribution is -0.113. The van der Waals surface area contributed by atoms with E-state index in [0.717, 1.165) is 4.90 Å². The predicted molar refractivity (Wildman–Crippen MR) is 88.6 cm³/mol. The quantitative estimate of drug-likeness (QED) is 0.575. The van der Waals surface area contributed by atoms with Gasteiger partial charge in [0.25, 0.3) is 0 Å². The Balaban J connectivity index is 2.00. The van der Waals surface area contributed by atoms with Crippen molar-refractivity contribution >= 4 is 46.6 Å². The van der Waals surface area contributed by atoms with Crippen molar-refractivity contribution in [3.63, 3.8) is 0 Å². The summed E-state index contributed by atoms with van der Waals surface area (Å²) in [6.45, 7) is 0. The summed E-state index contributed by atoms with van der Waals surface area (Å²) in [5.74, 6) is -1.20. The van der Waals surface area contributed by atoms with E-state index >= 15 is 0 Å². The molecule has 0 saturated heterocycles. The summed E-state index contributed by atoms with van der Waals surface area (Å²) in [7, 11) is 0. The van der Waals surface area contributed by atoms with Crippen LogP contribution in [-0.2, 0) is 4.79 Å². The summed E-state index contributed by atoms with van der Waals surface area (Å²) in [4.78, 5) is 23.7. The van der Waals surface area contributed by atoms with E-state index in [1.54, 1.807) is 12.1 Å². The number of nitrogens with one attached hydrogen (secondary N) is 1. The smallest absolute Gasteiger partial charge is 0.335 e. The third kappa shape index (κ3) is 4.41. The summed E-state index contributed by atoms with van der Waals surface area (Å²) in [5, 5.41) is 11.8. The Kier molecular flexibility index (Phi) is 5.30. The molecule has 0 aliphatic rings. The van der Waals surface area contributed by atoms with Crippen molar-refractivity contribution in [2.45, 2.75) is 4.90 Å². The molecule has 0 aromatic heterocycles. The van der Waals surface area contributed by atoms with Crippen molar-refractivity contribution in [1.82, 2.24) is 0 Å². The molecule has 0 saturated carbocycles. The molecule has 0 bridgehead atoms. The number of aromatic carboxylic acids is 1. The molecule has 2 aromatic rings. The van der Waals surface area contributed by atoms with E-state index in [-0.39, 0.29) is 27.9 Å². The number of nitrogen functional groups attached to an aromatic ring is 1. The zero-order valence-corrected chi connectivity index (χ0v) is 12.9. The second-order valence-electron chi connectivity index (χ2n) is 4.41. The van der Waals surface area contributed by atoms with Crippen LogP contribution in [0.1, 0.15) is 10.4 Å². The second kappa shape index (κ2) is 7.20. The van der Waals surface area contributed by atoms with Gasteiger partial charge in [-0.25, -0.2) is 4.79 Å². The van der Waals surface area contributed by atoms with E-state index in [9.17, 15) is 9.59 Å². The Morgan fingerprint density at radius 1 is 1.23 bits per heavy atom. The van der Waals surface area contributed by atoms with Crippen LogP contribution >= 0.6 is 23.4 Å². The number of anilines is 2. The highest BCUT2D eigenvalue weighted by Gasteiger charge is 2.10. The molecule has 5 nitrogen and oxygen atoms in total. The van der Waals surface area contributed by atoms with Gasteiger partial charge in [-0.3, -0.25) is 4.79 Å². The lowest BCUT2D eigenvalue weighted by Crippen LogP contribution is -2.14. The van der Waals surface area contributed by atoms with Gasteiger partial charge in [0.1, 0.15) is 0 Å². The highest BCUT2D eigenvalue weighted by atomic mass is 35.5. The maximum atomic E-state index is 11.9. The molecule has 0 radical (unpaired) electrons. The molecule has 0 spiro atoms. The van der Waals surface area contributed by atoms with Crippen LogP contribution in [0.25, 0.3) is 0 Å². The molecule has 7 heteroatoms. The Morgan fingerprint density at radius 2 is 2.00 bits per heavy atom. The number of benzene rings is 2. The molecule has 0 unspecified atom stereocenters. The highest BCUT2D eigenvalue weighted by molar-refractivity contribution is 8.00. The first-order chi connectivity index (χ1) is 10.5. The van der Waals surface area contributed by atoms with Crippen molar-refractivity contribution < 1.29 is 14.7 Å². The number of carboxylic acids is 1. The summed E-state index contributed by atoms with van der Waals surface area (Å²) in [5.41, 5.74) is 6.63. The van der Waals surface area contributed by atoms with E-state index in [0.29, 0.717) is 5.69 Å². The first-order valence-electron chi connectivity index (χ1n) is 6.27. The molecule has 0 atom stereocenters. The minimum Gasteiger partial charge on any atom is -0.478 e. The van der Waals surface area contributed by atoms with Crippen LogP contribution in [0.3, 0.4) is 0 Å². The number of carbonyl (C=O) groups is 2. The van der Waals surface area contributed by atoms with Crippen LogP contribution in [0.5, 0.6) is 0 Å². The second-order valence-corrected chi connectivity index (χ2v) is 5.87. The summed E-state index contributed by atoms with van der Waals surface area (Å²) in [6, 6.07) is 11.3. The largest absolute Gasteiger partial charge is 0.478 e. The average Bonchev–Trinajstić information content (AvgIpc) is 2.47. The number of carboxylic acid groups (broad SMARTS) is 1. The molecule has 1 amide bonds. The van der Waals surface area contributed by atoms with E-state index < -0.39 is 5.97 Å². The highest BCUT2D eigenvalue weighted by Crippen LogP contribution is 2.24. The summed E-state index contributed by atoms with van der Waals surface area (Å²) >= 11 is 7.28. The molecule has 0 fully saturated rings. The normalized spacial score (nSPS) is 10.2. The number of hydrogen-bond donors (Lipinski definition) is 3. The molecular weight excluding hydrogens is 324 g/mol. The fourth-order valence-corrected chi connectivity index (χ4v) is 2.62. The first-order valence-corrected chi connectivity index (χ1v) is 7.63. The predicted octanol–water partition coefficient (Wildman–Crippen LogP) is 3.35. The molecular formula is C15H13ClN2O3S. The number of hydrogen-bond acceptors (Lipinski definition) is 4. The van der Waals surface area contributed by atoms with Gasteiger partial charge >= 0.3 is 5.97 Å². The zero-order chi connectivity index (χ0) is 16.1. The molecule has 0 aliphatic heterocycles. The Bertz CT molecular complexity index is 722. The molecule has 2 rings (SSSR count). The number of thioether (sulfide) groups is 1. The van der Waals surface area contributed by atoms with Crippen molar-refractivity contribution in [1.29, 1.82) is 0 Å². The molecule has 2 aromatic carbocycles. The van der Waals surface area contributed by atoms with Crippen molar-refractivity contribution in [2.24, 2.45) is 0 Å². The fourth-order valence-electron chi connectivity index (χ4n) is 1.69. The lowest BCUT2D eigenvalue weighted by atomic mass is 10.2. The van der Waals surface area contributed by atoms with Crippen LogP contribution in [-0.4, -0.2) is 22.7 Å². The third-order valence-electron chi connectivity index (χ3n) is 2.72. The Labute approximate surface area is 136 Å². The number of amides is 1. The van der Waals surface area contributed by atoms with Crippen LogP contribution in [0.4, 0.5) is 11.4 Å². The van der Waals surface area contributed by atoms with Gasteiger partial charge in [-0.15, -0.1) is 11.8 Å². The van der Waals surface area contributed by atoms with Crippen LogP contribution < -0.4 is 11.1 Å². The number of nitrogens with two attached hydrogens (primary N) is 1. The molecule has 4 N–H and O–H groups in total. The van der Waals surface area contributed by atoms with Gasteiger partial charge in [-0.1, -0.05) is 17.7 Å². The number of halogens is 1. The molecule has 0 heterocycles. The minimum atomic E-state index is -1.08. The van der Waals surface area contributed by atoms with E-state index in [1.165, 1.54) is 30.0 Å². The van der Waals surface area contributed by atoms with Gasteiger partial charge in [0, 0.05) is 10.6 Å². The lowest BCUT2D eigenvalue weighted by Gasteiger charge is -2.08. The standard InChI is InChI=1S/C15H13ClN2O3S/c16-12-5-4-9(15(20)21)6-13(12)18-14(19)8-22-11-3-1-2-10(17)7-11/h1-7H,8,17H2,(H,18,19)(H,20,21). The topological polar surface area (TPSA) is 92.4 Å². The fraction of sp³-hybridized carbons (Fsp3) is 0.0667. The Hall–Kier alpha value is -2.18. The number of rotatable bonds is 5. The van der Waals surface area contributed by atoms with Gasteiger partial charge in [0.05, 0.1) is 22.0 Å². The zero-order valence-electron chi connectivity index (χ0n) is 11.4. The minimum absolute atomic E-state index is 0.0585. The monoisotopic (exact) mass is 336 g/mol. The first kappa shape index (κ1) is 16.2. The van der Waals surface area contributed by atoms with E-state index in [4.69, 9.17) is 22.4 Å². The molecule has 114 valence electrons. The van der Waals surface area contributed by atoms with Gasteiger partial charge < -0.3 is 16.2 Å². The molecule has 0 aliphatic carbocycles. The van der Waals surface area contributed by atoms with Crippen LogP contribution in [0, 0.1) is 0 Å². The maximum Gasteiger partial charge on any atom is 0.335 e. The number of carbonyl (C=O) groups excluding carboxylic acids is 1. The van der Waals surface area contributed by atoms with Gasteiger partial charge in [0.2, 0.25) is 5.91 Å².